The molecule has 0 unspecified atom stereocenters. The zero-order valence-electron chi connectivity index (χ0n) is 13.6. The number of rotatable bonds is 6. The van der Waals surface area contributed by atoms with Crippen molar-refractivity contribution in [3.63, 3.8) is 0 Å². The summed E-state index contributed by atoms with van der Waals surface area (Å²) < 4.78 is 0. The van der Waals surface area contributed by atoms with Gasteiger partial charge in [-0.3, -0.25) is 9.59 Å². The summed E-state index contributed by atoms with van der Waals surface area (Å²) in [5.74, 6) is -0.184. The summed E-state index contributed by atoms with van der Waals surface area (Å²) in [6.07, 6.45) is 3.01. The van der Waals surface area contributed by atoms with Gasteiger partial charge in [0.2, 0.25) is 11.8 Å². The van der Waals surface area contributed by atoms with Gasteiger partial charge in [0.1, 0.15) is 0 Å². The highest BCUT2D eigenvalue weighted by Gasteiger charge is 2.15. The summed E-state index contributed by atoms with van der Waals surface area (Å²) in [5, 5.41) is 8.90. The van der Waals surface area contributed by atoms with Crippen molar-refractivity contribution in [1.82, 2.24) is 16.0 Å². The number of piperidine rings is 1. The Hall–Kier alpha value is -1.59. The van der Waals surface area contributed by atoms with E-state index < -0.39 is 0 Å². The normalized spacial score (nSPS) is 14.7. The molecule has 3 N–H and O–H groups in total. The second-order valence-electron chi connectivity index (χ2n) is 5.85. The Bertz CT molecular complexity index is 499. The first kappa shape index (κ1) is 19.5. The second-order valence-corrected chi connectivity index (χ2v) is 5.85. The molecule has 1 fully saturated rings. The molecule has 6 heteroatoms. The Morgan fingerprint density at radius 3 is 2.43 bits per heavy atom. The average molecular weight is 340 g/mol. The van der Waals surface area contributed by atoms with Crippen LogP contribution in [0.1, 0.15) is 30.4 Å². The van der Waals surface area contributed by atoms with E-state index in [1.165, 1.54) is 5.56 Å². The van der Waals surface area contributed by atoms with Gasteiger partial charge < -0.3 is 16.0 Å². The van der Waals surface area contributed by atoms with Gasteiger partial charge >= 0.3 is 0 Å². The van der Waals surface area contributed by atoms with E-state index in [9.17, 15) is 9.59 Å². The minimum absolute atomic E-state index is 0. The van der Waals surface area contributed by atoms with Crippen LogP contribution in [-0.4, -0.2) is 37.5 Å². The summed E-state index contributed by atoms with van der Waals surface area (Å²) >= 11 is 0. The molecule has 0 atom stereocenters. The summed E-state index contributed by atoms with van der Waals surface area (Å²) in [4.78, 5) is 23.6. The van der Waals surface area contributed by atoms with Crippen molar-refractivity contribution < 1.29 is 9.59 Å². The molecule has 1 saturated heterocycles. The molecule has 1 aliphatic rings. The maximum Gasteiger partial charge on any atom is 0.239 e. The van der Waals surface area contributed by atoms with Crippen LogP contribution in [0.5, 0.6) is 0 Å². The number of amides is 2. The summed E-state index contributed by atoms with van der Waals surface area (Å²) in [5.41, 5.74) is 2.35. The molecule has 128 valence electrons. The molecule has 2 rings (SSSR count). The highest BCUT2D eigenvalue weighted by Crippen LogP contribution is 2.05. The van der Waals surface area contributed by atoms with Crippen molar-refractivity contribution in [1.29, 1.82) is 0 Å². The number of nitrogens with one attached hydrogen (secondary N) is 3. The number of carbonyl (C=O) groups is 2. The number of hydrogen-bond donors (Lipinski definition) is 3. The molecule has 1 aromatic rings. The molecule has 0 spiro atoms. The van der Waals surface area contributed by atoms with E-state index in [2.05, 4.69) is 16.0 Å². The third-order valence-electron chi connectivity index (χ3n) is 3.91. The van der Waals surface area contributed by atoms with E-state index in [0.717, 1.165) is 31.5 Å². The molecular formula is C17H26ClN3O2. The lowest BCUT2D eigenvalue weighted by molar-refractivity contribution is -0.126. The first-order valence-corrected chi connectivity index (χ1v) is 7.96. The van der Waals surface area contributed by atoms with Gasteiger partial charge in [0.25, 0.3) is 0 Å². The van der Waals surface area contributed by atoms with Crippen molar-refractivity contribution >= 4 is 24.2 Å². The Labute approximate surface area is 144 Å². The number of hydrogen-bond acceptors (Lipinski definition) is 3. The molecule has 0 aromatic heterocycles. The van der Waals surface area contributed by atoms with E-state index in [4.69, 9.17) is 0 Å². The fraction of sp³-hybridized carbons (Fsp3) is 0.529. The van der Waals surface area contributed by atoms with Crippen LogP contribution < -0.4 is 16.0 Å². The van der Waals surface area contributed by atoms with Crippen LogP contribution >= 0.6 is 12.4 Å². The molecule has 0 aliphatic carbocycles. The zero-order chi connectivity index (χ0) is 15.8. The van der Waals surface area contributed by atoms with E-state index >= 15 is 0 Å². The smallest absolute Gasteiger partial charge is 0.239 e. The standard InChI is InChI=1S/C17H25N3O2.ClH/c1-13-2-4-14(5-3-13)6-7-16(21)19-12-17(22)20-15-8-10-18-11-9-15;/h2-5,15,18H,6-12H2,1H3,(H,19,21)(H,20,22);1H. The third-order valence-corrected chi connectivity index (χ3v) is 3.91. The van der Waals surface area contributed by atoms with Crippen molar-refractivity contribution in [2.24, 2.45) is 0 Å². The van der Waals surface area contributed by atoms with Crippen LogP contribution in [0, 0.1) is 6.92 Å². The lowest BCUT2D eigenvalue weighted by Crippen LogP contribution is -2.46. The number of aryl methyl sites for hydroxylation is 2. The fourth-order valence-electron chi connectivity index (χ4n) is 2.52. The fourth-order valence-corrected chi connectivity index (χ4v) is 2.52. The van der Waals surface area contributed by atoms with E-state index in [1.54, 1.807) is 0 Å². The number of benzene rings is 1. The first-order valence-electron chi connectivity index (χ1n) is 7.96. The molecule has 2 amide bonds. The first-order chi connectivity index (χ1) is 10.6. The molecule has 23 heavy (non-hydrogen) atoms. The monoisotopic (exact) mass is 339 g/mol. The van der Waals surface area contributed by atoms with Crippen LogP contribution in [0.4, 0.5) is 0 Å². The third kappa shape index (κ3) is 7.48. The predicted molar refractivity (Wildman–Crippen MR) is 93.8 cm³/mol. The Morgan fingerprint density at radius 2 is 1.78 bits per heavy atom. The van der Waals surface area contributed by atoms with Gasteiger partial charge in [-0.05, 0) is 44.8 Å². The zero-order valence-corrected chi connectivity index (χ0v) is 14.4. The van der Waals surface area contributed by atoms with E-state index in [0.29, 0.717) is 12.8 Å². The van der Waals surface area contributed by atoms with Crippen LogP contribution in [0.2, 0.25) is 0 Å². The summed E-state index contributed by atoms with van der Waals surface area (Å²) in [6.45, 7) is 3.98. The van der Waals surface area contributed by atoms with Gasteiger partial charge in [0.05, 0.1) is 6.54 Å². The maximum atomic E-state index is 11.8. The molecule has 0 bridgehead atoms. The highest BCUT2D eigenvalue weighted by molar-refractivity contribution is 5.85. The highest BCUT2D eigenvalue weighted by atomic mass is 35.5. The lowest BCUT2D eigenvalue weighted by Gasteiger charge is -2.23. The predicted octanol–water partition coefficient (Wildman–Crippen LogP) is 1.33. The summed E-state index contributed by atoms with van der Waals surface area (Å²) in [6, 6.07) is 8.39. The molecule has 5 nitrogen and oxygen atoms in total. The van der Waals surface area contributed by atoms with Crippen molar-refractivity contribution in [2.75, 3.05) is 19.6 Å². The Morgan fingerprint density at radius 1 is 1.13 bits per heavy atom. The Balaban J connectivity index is 0.00000264. The number of carbonyl (C=O) groups excluding carboxylic acids is 2. The molecule has 0 radical (unpaired) electrons. The minimum atomic E-state index is -0.101. The largest absolute Gasteiger partial charge is 0.352 e. The topological polar surface area (TPSA) is 70.2 Å². The van der Waals surface area contributed by atoms with Crippen LogP contribution in [-0.2, 0) is 16.0 Å². The van der Waals surface area contributed by atoms with Crippen LogP contribution in [0.3, 0.4) is 0 Å². The van der Waals surface area contributed by atoms with Crippen molar-refractivity contribution in [3.05, 3.63) is 35.4 Å². The van der Waals surface area contributed by atoms with Crippen LogP contribution in [0.25, 0.3) is 0 Å². The van der Waals surface area contributed by atoms with Gasteiger partial charge in [0, 0.05) is 12.5 Å². The lowest BCUT2D eigenvalue weighted by atomic mass is 10.1. The molecule has 1 aromatic carbocycles. The van der Waals surface area contributed by atoms with Crippen molar-refractivity contribution in [2.45, 2.75) is 38.6 Å². The Kier molecular flexibility index (Phi) is 8.66. The van der Waals surface area contributed by atoms with E-state index in [1.807, 2.05) is 31.2 Å². The second kappa shape index (κ2) is 10.2. The van der Waals surface area contributed by atoms with Gasteiger partial charge in [-0.25, -0.2) is 0 Å². The SMILES string of the molecule is Cc1ccc(CCC(=O)NCC(=O)NC2CCNCC2)cc1.Cl. The van der Waals surface area contributed by atoms with Gasteiger partial charge in [-0.1, -0.05) is 29.8 Å². The van der Waals surface area contributed by atoms with Gasteiger partial charge in [-0.2, -0.15) is 0 Å². The average Bonchev–Trinajstić information content (AvgIpc) is 2.53. The van der Waals surface area contributed by atoms with Crippen LogP contribution in [0.15, 0.2) is 24.3 Å². The van der Waals surface area contributed by atoms with E-state index in [-0.39, 0.29) is 36.8 Å². The molecule has 0 saturated carbocycles. The number of halogens is 1. The molecule has 1 heterocycles. The minimum Gasteiger partial charge on any atom is -0.352 e. The quantitative estimate of drug-likeness (QED) is 0.732. The van der Waals surface area contributed by atoms with Gasteiger partial charge in [-0.15, -0.1) is 12.4 Å². The molecular weight excluding hydrogens is 314 g/mol. The molecule has 1 aliphatic heterocycles. The maximum absolute atomic E-state index is 11.8. The van der Waals surface area contributed by atoms with Crippen molar-refractivity contribution in [3.8, 4) is 0 Å². The van der Waals surface area contributed by atoms with Gasteiger partial charge in [0.15, 0.2) is 0 Å². The summed E-state index contributed by atoms with van der Waals surface area (Å²) in [7, 11) is 0.